The molecule has 0 fully saturated rings. The zero-order valence-electron chi connectivity index (χ0n) is 10.0. The highest BCUT2D eigenvalue weighted by Gasteiger charge is 2.30. The summed E-state index contributed by atoms with van der Waals surface area (Å²) in [5, 5.41) is 6.68. The molecule has 98 valence electrons. The van der Waals surface area contributed by atoms with Crippen LogP contribution in [-0.2, 0) is 10.1 Å². The lowest BCUT2D eigenvalue weighted by molar-refractivity contribution is 0.478. The second-order valence-corrected chi connectivity index (χ2v) is 5.59. The summed E-state index contributed by atoms with van der Waals surface area (Å²) in [6.07, 6.45) is 0. The topological polar surface area (TPSA) is 78.2 Å². The Hall–Kier alpha value is -1.98. The van der Waals surface area contributed by atoms with Crippen molar-refractivity contribution in [1.82, 2.24) is 0 Å². The van der Waals surface area contributed by atoms with Crippen LogP contribution in [0.15, 0.2) is 60.7 Å². The van der Waals surface area contributed by atoms with Crippen LogP contribution in [0.1, 0.15) is 16.4 Å². The van der Waals surface area contributed by atoms with Gasteiger partial charge in [-0.15, -0.1) is 0 Å². The Kier molecular flexibility index (Phi) is 3.78. The van der Waals surface area contributed by atoms with Gasteiger partial charge in [-0.05, 0) is 11.1 Å². The number of hydrogen-bond donors (Lipinski definition) is 2. The van der Waals surface area contributed by atoms with E-state index >= 15 is 0 Å². The molecule has 2 N–H and O–H groups in total. The van der Waals surface area contributed by atoms with Gasteiger partial charge in [0.1, 0.15) is 0 Å². The Morgan fingerprint density at radius 1 is 0.947 bits per heavy atom. The molecule has 4 nitrogen and oxygen atoms in total. The zero-order valence-corrected chi connectivity index (χ0v) is 10.8. The third-order valence-corrected chi connectivity index (χ3v) is 3.85. The predicted octanol–water partition coefficient (Wildman–Crippen LogP) is 2.68. The molecule has 0 bridgehead atoms. The van der Waals surface area contributed by atoms with E-state index in [9.17, 15) is 13.0 Å². The van der Waals surface area contributed by atoms with Crippen LogP contribution < -0.4 is 0 Å². The molecule has 0 aliphatic carbocycles. The summed E-state index contributed by atoms with van der Waals surface area (Å²) in [5.74, 6) is 0. The summed E-state index contributed by atoms with van der Waals surface area (Å²) in [7, 11) is -4.39. The van der Waals surface area contributed by atoms with Crippen LogP contribution >= 0.6 is 0 Å². The standard InChI is InChI=1S/C14H13NO3S/c15-13(11-7-3-1-4-8-11)14(19(16,17)18)12-9-5-2-6-10-12/h1-10,14-15H,(H,16,17,18). The van der Waals surface area contributed by atoms with Crippen molar-refractivity contribution in [1.29, 1.82) is 5.41 Å². The molecule has 0 saturated heterocycles. The highest BCUT2D eigenvalue weighted by Crippen LogP contribution is 2.25. The van der Waals surface area contributed by atoms with Gasteiger partial charge in [-0.3, -0.25) is 4.55 Å². The molecule has 0 spiro atoms. The van der Waals surface area contributed by atoms with Crippen molar-refractivity contribution in [3.63, 3.8) is 0 Å². The molecule has 1 unspecified atom stereocenters. The van der Waals surface area contributed by atoms with E-state index in [2.05, 4.69) is 0 Å². The van der Waals surface area contributed by atoms with E-state index < -0.39 is 15.4 Å². The molecule has 0 radical (unpaired) electrons. The Morgan fingerprint density at radius 2 is 1.42 bits per heavy atom. The quantitative estimate of drug-likeness (QED) is 0.665. The fourth-order valence-electron chi connectivity index (χ4n) is 1.88. The molecule has 0 aliphatic heterocycles. The average molecular weight is 275 g/mol. The van der Waals surface area contributed by atoms with Crippen LogP contribution in [-0.4, -0.2) is 18.7 Å². The van der Waals surface area contributed by atoms with Crippen molar-refractivity contribution >= 4 is 15.8 Å². The maximum absolute atomic E-state index is 11.6. The van der Waals surface area contributed by atoms with E-state index in [1.807, 2.05) is 0 Å². The lowest BCUT2D eigenvalue weighted by Crippen LogP contribution is -2.22. The van der Waals surface area contributed by atoms with Crippen LogP contribution in [0.2, 0.25) is 0 Å². The summed E-state index contributed by atoms with van der Waals surface area (Å²) >= 11 is 0. The minimum atomic E-state index is -4.39. The number of benzene rings is 2. The predicted molar refractivity (Wildman–Crippen MR) is 74.0 cm³/mol. The summed E-state index contributed by atoms with van der Waals surface area (Å²) < 4.78 is 32.5. The highest BCUT2D eigenvalue weighted by atomic mass is 32.2. The van der Waals surface area contributed by atoms with Gasteiger partial charge >= 0.3 is 0 Å². The minimum Gasteiger partial charge on any atom is -0.303 e. The van der Waals surface area contributed by atoms with E-state index in [1.165, 1.54) is 0 Å². The van der Waals surface area contributed by atoms with Crippen molar-refractivity contribution in [3.8, 4) is 0 Å². The van der Waals surface area contributed by atoms with Crippen molar-refractivity contribution in [2.45, 2.75) is 5.25 Å². The Morgan fingerprint density at radius 3 is 1.89 bits per heavy atom. The van der Waals surface area contributed by atoms with Gasteiger partial charge in [0, 0.05) is 0 Å². The minimum absolute atomic E-state index is 0.144. The third kappa shape index (κ3) is 3.07. The first kappa shape index (κ1) is 13.5. The molecular weight excluding hydrogens is 262 g/mol. The fraction of sp³-hybridized carbons (Fsp3) is 0.0714. The Bertz CT molecular complexity index is 666. The molecule has 1 atom stereocenters. The molecule has 0 aromatic heterocycles. The molecular formula is C14H13NO3S. The fourth-order valence-corrected chi connectivity index (χ4v) is 2.82. The first-order chi connectivity index (χ1) is 9.00. The largest absolute Gasteiger partial charge is 0.303 e. The van der Waals surface area contributed by atoms with Crippen molar-refractivity contribution in [2.24, 2.45) is 0 Å². The van der Waals surface area contributed by atoms with Gasteiger partial charge in [-0.25, -0.2) is 0 Å². The average Bonchev–Trinajstić information content (AvgIpc) is 2.39. The zero-order chi connectivity index (χ0) is 13.9. The van der Waals surface area contributed by atoms with E-state index in [0.717, 1.165) is 0 Å². The normalized spacial score (nSPS) is 12.9. The SMILES string of the molecule is N=C(c1ccccc1)C(c1ccccc1)S(=O)(=O)O. The molecule has 5 heteroatoms. The molecule has 2 rings (SSSR count). The molecule has 0 aliphatic rings. The smallest absolute Gasteiger partial charge is 0.277 e. The van der Waals surface area contributed by atoms with Crippen LogP contribution in [0.5, 0.6) is 0 Å². The van der Waals surface area contributed by atoms with E-state index in [0.29, 0.717) is 11.1 Å². The van der Waals surface area contributed by atoms with Crippen LogP contribution in [0.4, 0.5) is 0 Å². The van der Waals surface area contributed by atoms with Gasteiger partial charge < -0.3 is 5.41 Å². The first-order valence-corrected chi connectivity index (χ1v) is 7.15. The van der Waals surface area contributed by atoms with Gasteiger partial charge in [0.05, 0.1) is 5.71 Å². The first-order valence-electron chi connectivity index (χ1n) is 5.65. The highest BCUT2D eigenvalue weighted by molar-refractivity contribution is 7.86. The molecule has 19 heavy (non-hydrogen) atoms. The van der Waals surface area contributed by atoms with Crippen LogP contribution in [0.25, 0.3) is 0 Å². The summed E-state index contributed by atoms with van der Waals surface area (Å²) in [6, 6.07) is 16.8. The Balaban J connectivity index is 2.50. The number of rotatable bonds is 4. The van der Waals surface area contributed by atoms with E-state index in [1.54, 1.807) is 60.7 Å². The van der Waals surface area contributed by atoms with Gasteiger partial charge in [0.2, 0.25) is 0 Å². The van der Waals surface area contributed by atoms with E-state index in [-0.39, 0.29) is 5.71 Å². The lowest BCUT2D eigenvalue weighted by atomic mass is 10.0. The summed E-state index contributed by atoms with van der Waals surface area (Å²) in [5.41, 5.74) is 0.696. The van der Waals surface area contributed by atoms with Gasteiger partial charge in [0.25, 0.3) is 10.1 Å². The van der Waals surface area contributed by atoms with Crippen molar-refractivity contribution in [3.05, 3.63) is 71.8 Å². The molecule has 0 amide bonds. The molecule has 0 saturated carbocycles. The van der Waals surface area contributed by atoms with Crippen LogP contribution in [0.3, 0.4) is 0 Å². The summed E-state index contributed by atoms with van der Waals surface area (Å²) in [4.78, 5) is 0. The van der Waals surface area contributed by atoms with Crippen molar-refractivity contribution in [2.75, 3.05) is 0 Å². The molecule has 0 heterocycles. The Labute approximate surface area is 112 Å². The lowest BCUT2D eigenvalue weighted by Gasteiger charge is -2.15. The second-order valence-electron chi connectivity index (χ2n) is 4.09. The summed E-state index contributed by atoms with van der Waals surface area (Å²) in [6.45, 7) is 0. The van der Waals surface area contributed by atoms with E-state index in [4.69, 9.17) is 5.41 Å². The molecule has 2 aromatic carbocycles. The monoisotopic (exact) mass is 275 g/mol. The third-order valence-electron chi connectivity index (χ3n) is 2.75. The maximum Gasteiger partial charge on any atom is 0.277 e. The molecule has 2 aromatic rings. The number of hydrogen-bond acceptors (Lipinski definition) is 3. The maximum atomic E-state index is 11.6. The number of nitrogens with one attached hydrogen (secondary N) is 1. The van der Waals surface area contributed by atoms with Crippen LogP contribution in [0, 0.1) is 5.41 Å². The van der Waals surface area contributed by atoms with Crippen molar-refractivity contribution < 1.29 is 13.0 Å². The van der Waals surface area contributed by atoms with Gasteiger partial charge in [-0.2, -0.15) is 8.42 Å². The second kappa shape index (κ2) is 5.34. The van der Waals surface area contributed by atoms with Gasteiger partial charge in [-0.1, -0.05) is 60.7 Å². The van der Waals surface area contributed by atoms with Gasteiger partial charge in [0.15, 0.2) is 5.25 Å².